The summed E-state index contributed by atoms with van der Waals surface area (Å²) < 4.78 is 13.2. The molecule has 19 heavy (non-hydrogen) atoms. The molecule has 0 atom stereocenters. The van der Waals surface area contributed by atoms with Gasteiger partial charge in [0.1, 0.15) is 5.82 Å². The fraction of sp³-hybridized carbons (Fsp3) is 0.133. The van der Waals surface area contributed by atoms with E-state index in [0.717, 1.165) is 5.56 Å². The number of rotatable bonds is 3. The third kappa shape index (κ3) is 3.12. The summed E-state index contributed by atoms with van der Waals surface area (Å²) in [7, 11) is 0. The first kappa shape index (κ1) is 13.6. The van der Waals surface area contributed by atoms with Crippen LogP contribution >= 0.6 is 11.6 Å². The Morgan fingerprint density at radius 3 is 2.68 bits per heavy atom. The average Bonchev–Trinajstić information content (AvgIpc) is 2.37. The summed E-state index contributed by atoms with van der Waals surface area (Å²) in [6.07, 6.45) is 0.144. The van der Waals surface area contributed by atoms with Crippen molar-refractivity contribution in [3.63, 3.8) is 0 Å². The second-order valence-corrected chi connectivity index (χ2v) is 4.81. The molecule has 0 spiro atoms. The summed E-state index contributed by atoms with van der Waals surface area (Å²) in [6, 6.07) is 9.17. The van der Waals surface area contributed by atoms with Gasteiger partial charge in [0.25, 0.3) is 0 Å². The van der Waals surface area contributed by atoms with Crippen molar-refractivity contribution in [2.75, 3.05) is 5.73 Å². The van der Waals surface area contributed by atoms with E-state index in [2.05, 4.69) is 0 Å². The third-order valence-electron chi connectivity index (χ3n) is 2.98. The number of hydrogen-bond acceptors (Lipinski definition) is 2. The second kappa shape index (κ2) is 5.41. The summed E-state index contributed by atoms with van der Waals surface area (Å²) in [5.74, 6) is -0.457. The number of benzene rings is 2. The number of halogens is 2. The Morgan fingerprint density at radius 2 is 2.00 bits per heavy atom. The van der Waals surface area contributed by atoms with Crippen LogP contribution in [0.1, 0.15) is 21.5 Å². The molecule has 2 aromatic rings. The summed E-state index contributed by atoms with van der Waals surface area (Å²) in [4.78, 5) is 12.1. The lowest BCUT2D eigenvalue weighted by Gasteiger charge is -2.07. The van der Waals surface area contributed by atoms with Crippen LogP contribution in [0.2, 0.25) is 5.02 Å². The molecular formula is C15H13ClFNO. The van der Waals surface area contributed by atoms with Crippen molar-refractivity contribution >= 4 is 23.1 Å². The number of nitrogens with two attached hydrogens (primary N) is 1. The standard InChI is InChI=1S/C15H13ClFNO/c1-9-2-4-12(17)6-11(9)8-15(19)10-3-5-13(16)14(18)7-10/h2-7H,8,18H2,1H3. The SMILES string of the molecule is Cc1ccc(F)cc1CC(=O)c1ccc(Cl)c(N)c1. The predicted molar refractivity (Wildman–Crippen MR) is 75.0 cm³/mol. The first-order valence-electron chi connectivity index (χ1n) is 5.80. The molecule has 0 amide bonds. The van der Waals surface area contributed by atoms with Gasteiger partial charge in [0.15, 0.2) is 5.78 Å². The molecule has 2 rings (SSSR count). The number of nitrogen functional groups attached to an aromatic ring is 1. The van der Waals surface area contributed by atoms with Crippen molar-refractivity contribution < 1.29 is 9.18 Å². The molecule has 0 fully saturated rings. The molecule has 0 saturated heterocycles. The van der Waals surface area contributed by atoms with Gasteiger partial charge in [-0.25, -0.2) is 4.39 Å². The molecule has 0 aliphatic rings. The summed E-state index contributed by atoms with van der Waals surface area (Å²) in [6.45, 7) is 1.85. The number of carbonyl (C=O) groups is 1. The fourth-order valence-corrected chi connectivity index (χ4v) is 1.94. The van der Waals surface area contributed by atoms with Crippen LogP contribution in [0.4, 0.5) is 10.1 Å². The summed E-state index contributed by atoms with van der Waals surface area (Å²) in [5, 5.41) is 0.415. The second-order valence-electron chi connectivity index (χ2n) is 4.41. The largest absolute Gasteiger partial charge is 0.398 e. The molecule has 0 unspecified atom stereocenters. The van der Waals surface area contributed by atoms with Gasteiger partial charge in [-0.15, -0.1) is 0 Å². The van der Waals surface area contributed by atoms with Gasteiger partial charge in [-0.2, -0.15) is 0 Å². The molecule has 0 bridgehead atoms. The maximum absolute atomic E-state index is 13.2. The van der Waals surface area contributed by atoms with E-state index in [0.29, 0.717) is 21.8 Å². The number of aryl methyl sites for hydroxylation is 1. The highest BCUT2D eigenvalue weighted by atomic mass is 35.5. The van der Waals surface area contributed by atoms with E-state index in [-0.39, 0.29) is 18.0 Å². The van der Waals surface area contributed by atoms with Gasteiger partial charge >= 0.3 is 0 Å². The van der Waals surface area contributed by atoms with Gasteiger partial charge < -0.3 is 5.73 Å². The highest BCUT2D eigenvalue weighted by Crippen LogP contribution is 2.21. The van der Waals surface area contributed by atoms with Gasteiger partial charge in [0, 0.05) is 12.0 Å². The Kier molecular flexibility index (Phi) is 3.86. The number of anilines is 1. The van der Waals surface area contributed by atoms with E-state index in [4.69, 9.17) is 17.3 Å². The minimum absolute atomic E-state index is 0.114. The normalized spacial score (nSPS) is 10.5. The average molecular weight is 278 g/mol. The molecule has 0 radical (unpaired) electrons. The van der Waals surface area contributed by atoms with E-state index in [1.54, 1.807) is 24.3 Å². The Morgan fingerprint density at radius 1 is 1.26 bits per heavy atom. The first-order chi connectivity index (χ1) is 8.97. The van der Waals surface area contributed by atoms with E-state index in [1.165, 1.54) is 12.1 Å². The maximum Gasteiger partial charge on any atom is 0.167 e. The fourth-order valence-electron chi connectivity index (χ4n) is 1.82. The van der Waals surface area contributed by atoms with Crippen molar-refractivity contribution in [2.45, 2.75) is 13.3 Å². The monoisotopic (exact) mass is 277 g/mol. The van der Waals surface area contributed by atoms with E-state index in [1.807, 2.05) is 6.92 Å². The zero-order valence-corrected chi connectivity index (χ0v) is 11.2. The zero-order valence-electron chi connectivity index (χ0n) is 10.4. The Hall–Kier alpha value is -1.87. The van der Waals surface area contributed by atoms with Crippen LogP contribution in [-0.2, 0) is 6.42 Å². The Bertz CT molecular complexity index is 640. The molecule has 0 heterocycles. The molecule has 0 aromatic heterocycles. The van der Waals surface area contributed by atoms with Crippen molar-refractivity contribution in [3.8, 4) is 0 Å². The number of carbonyl (C=O) groups excluding carboxylic acids is 1. The highest BCUT2D eigenvalue weighted by Gasteiger charge is 2.11. The van der Waals surface area contributed by atoms with Gasteiger partial charge in [-0.3, -0.25) is 4.79 Å². The molecule has 0 aliphatic carbocycles. The number of ketones is 1. The van der Waals surface area contributed by atoms with Crippen LogP contribution in [0.25, 0.3) is 0 Å². The molecule has 0 aliphatic heterocycles. The van der Waals surface area contributed by atoms with Crippen molar-refractivity contribution in [3.05, 3.63) is 63.9 Å². The third-order valence-corrected chi connectivity index (χ3v) is 3.32. The molecule has 0 saturated carbocycles. The molecule has 2 nitrogen and oxygen atoms in total. The van der Waals surface area contributed by atoms with E-state index >= 15 is 0 Å². The zero-order chi connectivity index (χ0) is 14.0. The van der Waals surface area contributed by atoms with Gasteiger partial charge in [-0.1, -0.05) is 17.7 Å². The van der Waals surface area contributed by atoms with Crippen LogP contribution in [-0.4, -0.2) is 5.78 Å². The summed E-state index contributed by atoms with van der Waals surface area (Å²) >= 11 is 5.81. The topological polar surface area (TPSA) is 43.1 Å². The predicted octanol–water partition coefficient (Wildman–Crippen LogP) is 3.80. The molecular weight excluding hydrogens is 265 g/mol. The maximum atomic E-state index is 13.2. The summed E-state index contributed by atoms with van der Waals surface area (Å²) in [5.41, 5.74) is 8.07. The van der Waals surface area contributed by atoms with Crippen LogP contribution in [0.15, 0.2) is 36.4 Å². The lowest BCUT2D eigenvalue weighted by atomic mass is 9.99. The quantitative estimate of drug-likeness (QED) is 0.685. The van der Waals surface area contributed by atoms with Crippen LogP contribution in [0.5, 0.6) is 0 Å². The number of Topliss-reactive ketones (excluding diaryl/α,β-unsaturated/α-hetero) is 1. The first-order valence-corrected chi connectivity index (χ1v) is 6.18. The van der Waals surface area contributed by atoms with Gasteiger partial charge in [0.2, 0.25) is 0 Å². The molecule has 4 heteroatoms. The Balaban J connectivity index is 2.25. The minimum atomic E-state index is -0.343. The van der Waals surface area contributed by atoms with Crippen LogP contribution in [0, 0.1) is 12.7 Å². The molecule has 2 aromatic carbocycles. The van der Waals surface area contributed by atoms with E-state index in [9.17, 15) is 9.18 Å². The Labute approximate surface area is 116 Å². The lowest BCUT2D eigenvalue weighted by molar-refractivity contribution is 0.0993. The van der Waals surface area contributed by atoms with Crippen molar-refractivity contribution in [1.82, 2.24) is 0 Å². The van der Waals surface area contributed by atoms with Gasteiger partial charge in [-0.05, 0) is 48.4 Å². The minimum Gasteiger partial charge on any atom is -0.398 e. The van der Waals surface area contributed by atoms with E-state index < -0.39 is 0 Å². The van der Waals surface area contributed by atoms with Gasteiger partial charge in [0.05, 0.1) is 10.7 Å². The number of hydrogen-bond donors (Lipinski definition) is 1. The van der Waals surface area contributed by atoms with Crippen LogP contribution in [0.3, 0.4) is 0 Å². The smallest absolute Gasteiger partial charge is 0.167 e. The lowest BCUT2D eigenvalue weighted by Crippen LogP contribution is -2.06. The molecule has 98 valence electrons. The van der Waals surface area contributed by atoms with Crippen molar-refractivity contribution in [1.29, 1.82) is 0 Å². The van der Waals surface area contributed by atoms with Crippen LogP contribution < -0.4 is 5.73 Å². The molecule has 2 N–H and O–H groups in total. The van der Waals surface area contributed by atoms with Crippen molar-refractivity contribution in [2.24, 2.45) is 0 Å². The highest BCUT2D eigenvalue weighted by molar-refractivity contribution is 6.33.